The van der Waals surface area contributed by atoms with Gasteiger partial charge in [0.25, 0.3) is 8.32 Å². The molecule has 0 amide bonds. The highest BCUT2D eigenvalue weighted by Crippen LogP contribution is 2.48. The maximum absolute atomic E-state index is 7.50. The fraction of sp³-hybridized carbons (Fsp3) is 0.500. The Balaban J connectivity index is 0.842. The molecule has 0 spiro atoms. The molecule has 0 radical (unpaired) electrons. The average Bonchev–Trinajstić information content (AvgIpc) is 3.54. The number of hydrogen-bond donors (Lipinski definition) is 0. The molecule has 5 aliphatic heterocycles. The van der Waals surface area contributed by atoms with E-state index in [1.54, 1.807) is 7.11 Å². The molecule has 5 fully saturated rings. The summed E-state index contributed by atoms with van der Waals surface area (Å²) >= 11 is 0. The summed E-state index contributed by atoms with van der Waals surface area (Å²) in [6, 6.07) is 50.2. The minimum absolute atomic E-state index is 0.152. The molecule has 0 unspecified atom stereocenters. The van der Waals surface area contributed by atoms with E-state index in [0.29, 0.717) is 78.0 Å². The third kappa shape index (κ3) is 12.9. The molecule has 5 aromatic rings. The van der Waals surface area contributed by atoms with Crippen molar-refractivity contribution in [2.75, 3.05) is 20.3 Å². The van der Waals surface area contributed by atoms with Gasteiger partial charge >= 0.3 is 0 Å². The van der Waals surface area contributed by atoms with Gasteiger partial charge in [-0.25, -0.2) is 0 Å². The number of hydrogen-bond acceptors (Lipinski definition) is 11. The van der Waals surface area contributed by atoms with Crippen LogP contribution in [0.2, 0.25) is 5.04 Å². The highest BCUT2D eigenvalue weighted by atomic mass is 28.4. The van der Waals surface area contributed by atoms with Crippen LogP contribution in [0.25, 0.3) is 0 Å². The zero-order valence-corrected chi connectivity index (χ0v) is 49.3. The summed E-state index contributed by atoms with van der Waals surface area (Å²) in [7, 11) is -1.18. The quantitative estimate of drug-likeness (QED) is 0.0376. The van der Waals surface area contributed by atoms with Crippen LogP contribution in [0.3, 0.4) is 0 Å². The predicted octanol–water partition coefficient (Wildman–Crippen LogP) is 11.8. The fourth-order valence-corrected chi connectivity index (χ4v) is 17.8. The van der Waals surface area contributed by atoms with Gasteiger partial charge in [-0.3, -0.25) is 0 Å². The van der Waals surface area contributed by atoms with Gasteiger partial charge in [0.1, 0.15) is 17.5 Å². The first-order valence-electron chi connectivity index (χ1n) is 29.2. The van der Waals surface area contributed by atoms with Gasteiger partial charge in [-0.05, 0) is 65.0 Å². The number of ether oxygens (including phenoxy) is 10. The lowest BCUT2D eigenvalue weighted by Gasteiger charge is -2.56. The Morgan fingerprint density at radius 1 is 0.550 bits per heavy atom. The normalized spacial score (nSPS) is 32.4. The van der Waals surface area contributed by atoms with Gasteiger partial charge in [0, 0.05) is 58.2 Å². The first-order valence-corrected chi connectivity index (χ1v) is 31.1. The largest absolute Gasteiger partial charge is 0.497 e. The number of methoxy groups -OCH3 is 1. The average molecular weight is 1110 g/mol. The second kappa shape index (κ2) is 25.4. The lowest BCUT2D eigenvalue weighted by Crippen LogP contribution is -2.67. The van der Waals surface area contributed by atoms with E-state index in [0.717, 1.165) is 22.4 Å². The van der Waals surface area contributed by atoms with Gasteiger partial charge in [-0.2, -0.15) is 0 Å². The van der Waals surface area contributed by atoms with E-state index in [4.69, 9.17) is 51.8 Å². The molecule has 5 saturated heterocycles. The third-order valence-electron chi connectivity index (χ3n) is 17.9. The van der Waals surface area contributed by atoms with Gasteiger partial charge in [0.2, 0.25) is 0 Å². The number of fused-ring (bicyclic) bond motifs is 3. The van der Waals surface area contributed by atoms with Crippen molar-refractivity contribution in [2.45, 2.75) is 195 Å². The Bertz CT molecular complexity index is 2700. The molecule has 5 heterocycles. The van der Waals surface area contributed by atoms with E-state index in [1.807, 2.05) is 72.8 Å². The van der Waals surface area contributed by atoms with Crippen LogP contribution < -0.4 is 15.1 Å². The summed E-state index contributed by atoms with van der Waals surface area (Å²) in [5.74, 6) is 0.793. The van der Waals surface area contributed by atoms with Crippen LogP contribution in [-0.2, 0) is 66.9 Å². The second-order valence-corrected chi connectivity index (χ2v) is 28.7. The minimum atomic E-state index is -2.85. The number of benzene rings is 5. The summed E-state index contributed by atoms with van der Waals surface area (Å²) in [6.45, 7) is 24.4. The van der Waals surface area contributed by atoms with Gasteiger partial charge in [-0.15, -0.1) is 13.2 Å². The van der Waals surface area contributed by atoms with E-state index in [9.17, 15) is 0 Å². The van der Waals surface area contributed by atoms with Crippen LogP contribution in [0.5, 0.6) is 5.75 Å². The minimum Gasteiger partial charge on any atom is -0.497 e. The molecule has 5 aliphatic rings. The highest BCUT2D eigenvalue weighted by Gasteiger charge is 2.58. The van der Waals surface area contributed by atoms with Crippen molar-refractivity contribution in [3.8, 4) is 5.75 Å². The molecule has 0 N–H and O–H groups in total. The maximum Gasteiger partial charge on any atom is 0.261 e. The predicted molar refractivity (Wildman–Crippen MR) is 315 cm³/mol. The first-order chi connectivity index (χ1) is 38.6. The van der Waals surface area contributed by atoms with Crippen LogP contribution >= 0.6 is 0 Å². The molecule has 11 nitrogen and oxygen atoms in total. The molecule has 428 valence electrons. The Labute approximate surface area is 477 Å². The topological polar surface area (TPSA) is 102 Å². The Morgan fingerprint density at radius 3 is 1.61 bits per heavy atom. The van der Waals surface area contributed by atoms with E-state index < -0.39 is 37.3 Å². The zero-order valence-electron chi connectivity index (χ0n) is 48.3. The second-order valence-electron chi connectivity index (χ2n) is 24.4. The summed E-state index contributed by atoms with van der Waals surface area (Å²) in [5.41, 5.74) is 0.990. The first kappa shape index (κ1) is 58.4. The molecule has 0 bridgehead atoms. The van der Waals surface area contributed by atoms with Crippen LogP contribution in [0.15, 0.2) is 171 Å². The van der Waals surface area contributed by atoms with E-state index in [1.165, 1.54) is 10.4 Å². The molecule has 14 atom stereocenters. The van der Waals surface area contributed by atoms with Crippen molar-refractivity contribution in [3.05, 3.63) is 188 Å². The molecule has 80 heavy (non-hydrogen) atoms. The van der Waals surface area contributed by atoms with Crippen molar-refractivity contribution in [2.24, 2.45) is 0 Å². The molecular formula is C68H86O11Si. The monoisotopic (exact) mass is 1110 g/mol. The molecule has 5 aromatic carbocycles. The fourth-order valence-electron chi connectivity index (χ4n) is 13.2. The van der Waals surface area contributed by atoms with Crippen molar-refractivity contribution in [1.29, 1.82) is 0 Å². The van der Waals surface area contributed by atoms with Crippen LogP contribution in [-0.4, -0.2) is 113 Å². The summed E-state index contributed by atoms with van der Waals surface area (Å²) < 4.78 is 76.0. The molecule has 0 aliphatic carbocycles. The van der Waals surface area contributed by atoms with Crippen LogP contribution in [0.1, 0.15) is 103 Å². The lowest BCUT2D eigenvalue weighted by atomic mass is 9.80. The molecule has 10 rings (SSSR count). The molecular weight excluding hydrogens is 1020 g/mol. The third-order valence-corrected chi connectivity index (χ3v) is 22.9. The Kier molecular flexibility index (Phi) is 18.5. The van der Waals surface area contributed by atoms with E-state index >= 15 is 0 Å². The lowest BCUT2D eigenvalue weighted by molar-refractivity contribution is -0.325. The standard InChI is InChI=1S/C68H86O11Si/c1-10-54-55(40-57-56(74-54)41-58-59(75-57)42-61-60(76-58)43-62(71-46-49-26-18-13-19-27-49)67(7,78-61)36-38-70-45-48-24-16-12-17-25-48)77-64-44-63(72-47-50-32-34-51(69-9)35-33-50)68(8,79-66(64,6)11-2)37-39-73-80(65(3,4)5,52-28-20-14-21-29-52)53-30-22-15-23-31-53/h10-35,54-64H,1-2,36-47H2,3-9H3/t54-,55+,56+,57-,58-,59+,60+,61-,62-,63+,64-,66+,67+,68-/m0/s1. The van der Waals surface area contributed by atoms with Gasteiger partial charge in [0.15, 0.2) is 0 Å². The SMILES string of the molecule is C=C[C@@H]1O[C@@H]2C[C@@H]3O[C@@H]4C[C@H](OCc5ccccc5)[C@@](C)(CCOCc5ccccc5)O[C@H]4C[C@H]3O[C@H]2C[C@H]1O[C@H]1C[C@@H](OCc2ccc(OC)cc2)[C@](C)(CCO[Si](c2ccccc2)(c2ccccc2)C(C)(C)C)O[C@]1(C)C=C. The van der Waals surface area contributed by atoms with Gasteiger partial charge < -0.3 is 51.8 Å². The van der Waals surface area contributed by atoms with Crippen molar-refractivity contribution in [1.82, 2.24) is 0 Å². The van der Waals surface area contributed by atoms with Crippen molar-refractivity contribution in [3.63, 3.8) is 0 Å². The smallest absolute Gasteiger partial charge is 0.261 e. The summed E-state index contributed by atoms with van der Waals surface area (Å²) in [4.78, 5) is 0. The Hall–Kier alpha value is -4.80. The Morgan fingerprint density at radius 2 is 1.05 bits per heavy atom. The summed E-state index contributed by atoms with van der Waals surface area (Å²) in [5, 5.41) is 2.28. The van der Waals surface area contributed by atoms with E-state index in [-0.39, 0.29) is 60.0 Å². The molecule has 12 heteroatoms. The van der Waals surface area contributed by atoms with Crippen LogP contribution in [0.4, 0.5) is 0 Å². The maximum atomic E-state index is 7.50. The van der Waals surface area contributed by atoms with Crippen molar-refractivity contribution >= 4 is 18.7 Å². The van der Waals surface area contributed by atoms with Gasteiger partial charge in [-0.1, -0.05) is 166 Å². The molecule has 0 saturated carbocycles. The highest BCUT2D eigenvalue weighted by molar-refractivity contribution is 6.99. The summed E-state index contributed by atoms with van der Waals surface area (Å²) in [6.07, 6.45) is 5.36. The number of rotatable bonds is 22. The van der Waals surface area contributed by atoms with Gasteiger partial charge in [0.05, 0.1) is 99.2 Å². The zero-order chi connectivity index (χ0) is 56.0. The van der Waals surface area contributed by atoms with E-state index in [2.05, 4.69) is 140 Å². The van der Waals surface area contributed by atoms with Crippen molar-refractivity contribution < 1.29 is 51.8 Å². The molecule has 0 aromatic heterocycles. The van der Waals surface area contributed by atoms with Crippen LogP contribution in [0, 0.1) is 0 Å².